The summed E-state index contributed by atoms with van der Waals surface area (Å²) in [5, 5.41) is 3.31. The molecule has 2 aromatic rings. The minimum absolute atomic E-state index is 0.150. The van der Waals surface area contributed by atoms with Gasteiger partial charge in [0.25, 0.3) is 0 Å². The molecule has 1 aromatic heterocycles. The molecule has 0 fully saturated rings. The van der Waals surface area contributed by atoms with Gasteiger partial charge >= 0.3 is 0 Å². The summed E-state index contributed by atoms with van der Waals surface area (Å²) in [4.78, 5) is 19.8. The highest BCUT2D eigenvalue weighted by Crippen LogP contribution is 2.10. The molecule has 0 aliphatic carbocycles. The molecule has 1 aromatic carbocycles. The van der Waals surface area contributed by atoms with Crippen LogP contribution in [0.4, 0.5) is 5.95 Å². The van der Waals surface area contributed by atoms with Crippen molar-refractivity contribution in [2.45, 2.75) is 13.3 Å². The van der Waals surface area contributed by atoms with Crippen molar-refractivity contribution < 1.29 is 4.79 Å². The van der Waals surface area contributed by atoms with Crippen LogP contribution >= 0.6 is 11.6 Å². The van der Waals surface area contributed by atoms with E-state index in [1.807, 2.05) is 19.1 Å². The second-order valence-corrected chi connectivity index (χ2v) is 4.31. The average molecular weight is 262 g/mol. The minimum Gasteiger partial charge on any atom is -0.294 e. The Bertz CT molecular complexity index is 554. The summed E-state index contributed by atoms with van der Waals surface area (Å²) in [6.07, 6.45) is 1.88. The number of anilines is 1. The molecule has 0 aliphatic heterocycles. The first-order chi connectivity index (χ1) is 8.63. The summed E-state index contributed by atoms with van der Waals surface area (Å²) >= 11 is 5.77. The van der Waals surface area contributed by atoms with Gasteiger partial charge in [0.05, 0.1) is 6.42 Å². The number of carbonyl (C=O) groups excluding carboxylic acids is 1. The van der Waals surface area contributed by atoms with E-state index in [1.165, 1.54) is 0 Å². The lowest BCUT2D eigenvalue weighted by Crippen LogP contribution is -2.16. The molecule has 0 saturated carbocycles. The van der Waals surface area contributed by atoms with Crippen molar-refractivity contribution in [3.05, 3.63) is 52.8 Å². The van der Waals surface area contributed by atoms with Gasteiger partial charge in [-0.05, 0) is 30.7 Å². The highest BCUT2D eigenvalue weighted by Gasteiger charge is 2.05. The van der Waals surface area contributed by atoms with Gasteiger partial charge in [-0.2, -0.15) is 0 Å². The normalized spacial score (nSPS) is 10.1. The van der Waals surface area contributed by atoms with Crippen LogP contribution in [0, 0.1) is 6.92 Å². The van der Waals surface area contributed by atoms with E-state index < -0.39 is 0 Å². The van der Waals surface area contributed by atoms with E-state index >= 15 is 0 Å². The smallest absolute Gasteiger partial charge is 0.231 e. The van der Waals surface area contributed by atoms with Gasteiger partial charge in [0.1, 0.15) is 0 Å². The van der Waals surface area contributed by atoms with E-state index in [-0.39, 0.29) is 12.3 Å². The predicted octanol–water partition coefficient (Wildman–Crippen LogP) is 2.62. The molecular formula is C13H12ClN3O. The quantitative estimate of drug-likeness (QED) is 0.924. The molecule has 18 heavy (non-hydrogen) atoms. The topological polar surface area (TPSA) is 54.9 Å². The number of hydrogen-bond donors (Lipinski definition) is 1. The lowest BCUT2D eigenvalue weighted by molar-refractivity contribution is -0.115. The lowest BCUT2D eigenvalue weighted by Gasteiger charge is -2.04. The summed E-state index contributed by atoms with van der Waals surface area (Å²) < 4.78 is 0. The number of aromatic nitrogens is 2. The number of halogens is 1. The standard InChI is InChI=1S/C13H12ClN3O/c1-9-6-7-15-13(16-9)17-12(18)8-10-2-4-11(14)5-3-10/h2-7H,8H2,1H3,(H,15,16,17,18). The van der Waals surface area contributed by atoms with Crippen LogP contribution < -0.4 is 5.32 Å². The molecule has 2 rings (SSSR count). The maximum atomic E-state index is 11.8. The number of amides is 1. The molecule has 5 heteroatoms. The molecule has 0 atom stereocenters. The van der Waals surface area contributed by atoms with Crippen LogP contribution in [-0.4, -0.2) is 15.9 Å². The third-order valence-corrected chi connectivity index (χ3v) is 2.58. The van der Waals surface area contributed by atoms with Gasteiger partial charge in [-0.1, -0.05) is 23.7 Å². The molecule has 0 bridgehead atoms. The number of carbonyl (C=O) groups is 1. The number of nitrogens with zero attached hydrogens (tertiary/aromatic N) is 2. The van der Waals surface area contributed by atoms with Crippen molar-refractivity contribution >= 4 is 23.5 Å². The van der Waals surface area contributed by atoms with E-state index in [4.69, 9.17) is 11.6 Å². The molecule has 1 N–H and O–H groups in total. The summed E-state index contributed by atoms with van der Waals surface area (Å²) in [5.41, 5.74) is 1.70. The van der Waals surface area contributed by atoms with Crippen LogP contribution in [0.2, 0.25) is 5.02 Å². The van der Waals surface area contributed by atoms with Crippen LogP contribution in [0.3, 0.4) is 0 Å². The third-order valence-electron chi connectivity index (χ3n) is 2.32. The van der Waals surface area contributed by atoms with E-state index in [0.717, 1.165) is 11.3 Å². The highest BCUT2D eigenvalue weighted by atomic mass is 35.5. The van der Waals surface area contributed by atoms with E-state index in [0.29, 0.717) is 11.0 Å². The van der Waals surface area contributed by atoms with Crippen LogP contribution in [0.25, 0.3) is 0 Å². The Morgan fingerprint density at radius 1 is 1.28 bits per heavy atom. The Kier molecular flexibility index (Phi) is 3.89. The maximum Gasteiger partial charge on any atom is 0.231 e. The van der Waals surface area contributed by atoms with Crippen molar-refractivity contribution in [2.75, 3.05) is 5.32 Å². The van der Waals surface area contributed by atoms with E-state index in [2.05, 4.69) is 15.3 Å². The Labute approximate surface area is 110 Å². The number of aryl methyl sites for hydroxylation is 1. The summed E-state index contributed by atoms with van der Waals surface area (Å²) in [7, 11) is 0. The van der Waals surface area contributed by atoms with Gasteiger partial charge in [0.2, 0.25) is 11.9 Å². The van der Waals surface area contributed by atoms with Crippen molar-refractivity contribution in [3.8, 4) is 0 Å². The maximum absolute atomic E-state index is 11.8. The first-order valence-corrected chi connectivity index (χ1v) is 5.85. The molecule has 0 unspecified atom stereocenters. The van der Waals surface area contributed by atoms with E-state index in [1.54, 1.807) is 24.4 Å². The largest absolute Gasteiger partial charge is 0.294 e. The molecule has 92 valence electrons. The molecule has 0 saturated heterocycles. The van der Waals surface area contributed by atoms with Gasteiger partial charge in [-0.3, -0.25) is 10.1 Å². The van der Waals surface area contributed by atoms with Crippen molar-refractivity contribution in [1.29, 1.82) is 0 Å². The average Bonchev–Trinajstić information content (AvgIpc) is 2.32. The molecule has 0 radical (unpaired) electrons. The van der Waals surface area contributed by atoms with Gasteiger partial charge in [-0.15, -0.1) is 0 Å². The zero-order valence-electron chi connectivity index (χ0n) is 9.85. The van der Waals surface area contributed by atoms with Crippen molar-refractivity contribution in [2.24, 2.45) is 0 Å². The third kappa shape index (κ3) is 3.53. The summed E-state index contributed by atoms with van der Waals surface area (Å²) in [5.74, 6) is 0.178. The Hall–Kier alpha value is -1.94. The van der Waals surface area contributed by atoms with Crippen molar-refractivity contribution in [3.63, 3.8) is 0 Å². The number of nitrogens with one attached hydrogen (secondary N) is 1. The first-order valence-electron chi connectivity index (χ1n) is 5.47. The van der Waals surface area contributed by atoms with Gasteiger partial charge in [-0.25, -0.2) is 9.97 Å². The predicted molar refractivity (Wildman–Crippen MR) is 70.6 cm³/mol. The lowest BCUT2D eigenvalue weighted by atomic mass is 10.1. The molecule has 1 amide bonds. The number of hydrogen-bond acceptors (Lipinski definition) is 3. The second kappa shape index (κ2) is 5.60. The summed E-state index contributed by atoms with van der Waals surface area (Å²) in [6.45, 7) is 1.84. The molecular weight excluding hydrogens is 250 g/mol. The zero-order valence-corrected chi connectivity index (χ0v) is 10.6. The van der Waals surface area contributed by atoms with Gasteiger partial charge in [0, 0.05) is 16.9 Å². The number of rotatable bonds is 3. The zero-order chi connectivity index (χ0) is 13.0. The fraction of sp³-hybridized carbons (Fsp3) is 0.154. The van der Waals surface area contributed by atoms with Gasteiger partial charge < -0.3 is 0 Å². The molecule has 0 spiro atoms. The van der Waals surface area contributed by atoms with E-state index in [9.17, 15) is 4.79 Å². The van der Waals surface area contributed by atoms with Crippen LogP contribution in [-0.2, 0) is 11.2 Å². The Balaban J connectivity index is 1.98. The second-order valence-electron chi connectivity index (χ2n) is 3.87. The monoisotopic (exact) mass is 261 g/mol. The van der Waals surface area contributed by atoms with Crippen LogP contribution in [0.15, 0.2) is 36.5 Å². The number of benzene rings is 1. The minimum atomic E-state index is -0.150. The molecule has 1 heterocycles. The first kappa shape index (κ1) is 12.5. The van der Waals surface area contributed by atoms with Gasteiger partial charge in [0.15, 0.2) is 0 Å². The Morgan fingerprint density at radius 2 is 2.00 bits per heavy atom. The van der Waals surface area contributed by atoms with Crippen LogP contribution in [0.1, 0.15) is 11.3 Å². The SMILES string of the molecule is Cc1ccnc(NC(=O)Cc2ccc(Cl)cc2)n1. The Morgan fingerprint density at radius 3 is 2.67 bits per heavy atom. The molecule has 4 nitrogen and oxygen atoms in total. The molecule has 0 aliphatic rings. The van der Waals surface area contributed by atoms with Crippen LogP contribution in [0.5, 0.6) is 0 Å². The fourth-order valence-corrected chi connectivity index (χ4v) is 1.59. The fourth-order valence-electron chi connectivity index (χ4n) is 1.47. The highest BCUT2D eigenvalue weighted by molar-refractivity contribution is 6.30. The summed E-state index contributed by atoms with van der Waals surface area (Å²) in [6, 6.07) is 8.92. The van der Waals surface area contributed by atoms with Crippen molar-refractivity contribution in [1.82, 2.24) is 9.97 Å².